The first-order valence-corrected chi connectivity index (χ1v) is 6.22. The van der Waals surface area contributed by atoms with Crippen molar-refractivity contribution in [3.63, 3.8) is 0 Å². The number of benzene rings is 1. The van der Waals surface area contributed by atoms with Crippen LogP contribution >= 0.6 is 0 Å². The summed E-state index contributed by atoms with van der Waals surface area (Å²) in [5.41, 5.74) is 6.99. The van der Waals surface area contributed by atoms with Crippen molar-refractivity contribution in [2.75, 3.05) is 6.54 Å². The maximum Gasteiger partial charge on any atom is 0.239 e. The van der Waals surface area contributed by atoms with Gasteiger partial charge in [0, 0.05) is 18.5 Å². The van der Waals surface area contributed by atoms with E-state index in [-0.39, 0.29) is 11.9 Å². The van der Waals surface area contributed by atoms with Crippen molar-refractivity contribution in [3.8, 4) is 0 Å². The summed E-state index contributed by atoms with van der Waals surface area (Å²) in [4.78, 5) is 13.9. The quantitative estimate of drug-likeness (QED) is 0.844. The van der Waals surface area contributed by atoms with Crippen molar-refractivity contribution < 1.29 is 4.79 Å². The van der Waals surface area contributed by atoms with Crippen molar-refractivity contribution >= 4 is 5.91 Å². The molecule has 3 nitrogen and oxygen atoms in total. The number of nitrogens with two attached hydrogens (primary N) is 1. The summed E-state index contributed by atoms with van der Waals surface area (Å²) in [5, 5.41) is 0. The summed E-state index contributed by atoms with van der Waals surface area (Å²) in [6.45, 7) is 4.69. The van der Waals surface area contributed by atoms with Crippen LogP contribution < -0.4 is 5.73 Å². The second-order valence-corrected chi connectivity index (χ2v) is 4.87. The lowest BCUT2D eigenvalue weighted by molar-refractivity contribution is -0.132. The molecule has 0 radical (unpaired) electrons. The Morgan fingerprint density at radius 2 is 2.06 bits per heavy atom. The molecule has 1 amide bonds. The minimum atomic E-state index is -0.396. The first kappa shape index (κ1) is 12.1. The van der Waals surface area contributed by atoms with Crippen molar-refractivity contribution in [2.45, 2.75) is 38.3 Å². The molecule has 1 fully saturated rings. The molecule has 0 aromatic heterocycles. The van der Waals surface area contributed by atoms with E-state index in [1.54, 1.807) is 6.92 Å². The summed E-state index contributed by atoms with van der Waals surface area (Å²) < 4.78 is 0. The number of nitrogens with zero attached hydrogens (tertiary/aromatic N) is 1. The van der Waals surface area contributed by atoms with Gasteiger partial charge in [0.15, 0.2) is 0 Å². The number of carbonyl (C=O) groups excluding carboxylic acids is 1. The van der Waals surface area contributed by atoms with E-state index < -0.39 is 6.04 Å². The van der Waals surface area contributed by atoms with Gasteiger partial charge in [0.05, 0.1) is 6.04 Å². The average Bonchev–Trinajstić information content (AvgIpc) is 2.71. The maximum absolute atomic E-state index is 11.9. The highest BCUT2D eigenvalue weighted by Crippen LogP contribution is 2.33. The normalized spacial score (nSPS) is 25.9. The van der Waals surface area contributed by atoms with Crippen LogP contribution in [0.5, 0.6) is 0 Å². The lowest BCUT2D eigenvalue weighted by atomic mass is 9.93. The molecule has 3 atom stereocenters. The predicted molar refractivity (Wildman–Crippen MR) is 68.6 cm³/mol. The second kappa shape index (κ2) is 4.88. The Kier molecular flexibility index (Phi) is 3.48. The molecule has 17 heavy (non-hydrogen) atoms. The zero-order chi connectivity index (χ0) is 12.4. The van der Waals surface area contributed by atoms with Crippen molar-refractivity contribution in [3.05, 3.63) is 35.9 Å². The molecule has 1 heterocycles. The first-order chi connectivity index (χ1) is 8.11. The first-order valence-electron chi connectivity index (χ1n) is 6.22. The van der Waals surface area contributed by atoms with Gasteiger partial charge in [0.25, 0.3) is 0 Å². The smallest absolute Gasteiger partial charge is 0.239 e. The highest BCUT2D eigenvalue weighted by molar-refractivity contribution is 5.81. The molecule has 0 aliphatic carbocycles. The Bertz CT molecular complexity index is 388. The van der Waals surface area contributed by atoms with E-state index >= 15 is 0 Å². The fourth-order valence-corrected chi connectivity index (χ4v) is 2.66. The SMILES string of the molecule is CC1C(c2ccccc2)CCN1C(=O)[C@H](C)N. The van der Waals surface area contributed by atoms with Gasteiger partial charge in [0.2, 0.25) is 5.91 Å². The zero-order valence-electron chi connectivity index (χ0n) is 10.5. The van der Waals surface area contributed by atoms with Crippen LogP contribution in [0.4, 0.5) is 0 Å². The largest absolute Gasteiger partial charge is 0.338 e. The van der Waals surface area contributed by atoms with Crippen LogP contribution in [-0.4, -0.2) is 29.4 Å². The Morgan fingerprint density at radius 1 is 1.41 bits per heavy atom. The Balaban J connectivity index is 2.13. The topological polar surface area (TPSA) is 46.3 Å². The van der Waals surface area contributed by atoms with Crippen molar-refractivity contribution in [2.24, 2.45) is 5.73 Å². The standard InChI is InChI=1S/C14H20N2O/c1-10(15)14(17)16-9-8-13(11(16)2)12-6-4-3-5-7-12/h3-7,10-11,13H,8-9,15H2,1-2H3/t10-,11?,13?/m0/s1. The van der Waals surface area contributed by atoms with Crippen LogP contribution in [0.15, 0.2) is 30.3 Å². The molecular weight excluding hydrogens is 212 g/mol. The monoisotopic (exact) mass is 232 g/mol. The maximum atomic E-state index is 11.9. The number of amides is 1. The predicted octanol–water partition coefficient (Wildman–Crippen LogP) is 1.74. The molecule has 2 unspecified atom stereocenters. The van der Waals surface area contributed by atoms with E-state index in [0.29, 0.717) is 5.92 Å². The van der Waals surface area contributed by atoms with Crippen LogP contribution in [0.1, 0.15) is 31.7 Å². The van der Waals surface area contributed by atoms with E-state index in [4.69, 9.17) is 5.73 Å². The summed E-state index contributed by atoms with van der Waals surface area (Å²) >= 11 is 0. The number of rotatable bonds is 2. The molecule has 1 saturated heterocycles. The lowest BCUT2D eigenvalue weighted by Gasteiger charge is -2.26. The highest BCUT2D eigenvalue weighted by Gasteiger charge is 2.35. The Hall–Kier alpha value is -1.35. The third-order valence-electron chi connectivity index (χ3n) is 3.66. The molecule has 2 rings (SSSR count). The molecule has 1 aromatic carbocycles. The van der Waals surface area contributed by atoms with Gasteiger partial charge in [-0.3, -0.25) is 4.79 Å². The van der Waals surface area contributed by atoms with Crippen LogP contribution in [0.25, 0.3) is 0 Å². The van der Waals surface area contributed by atoms with E-state index in [9.17, 15) is 4.79 Å². The fraction of sp³-hybridized carbons (Fsp3) is 0.500. The van der Waals surface area contributed by atoms with Gasteiger partial charge in [-0.2, -0.15) is 0 Å². The molecule has 1 aliphatic heterocycles. The van der Waals surface area contributed by atoms with Gasteiger partial charge < -0.3 is 10.6 Å². The zero-order valence-corrected chi connectivity index (χ0v) is 10.5. The number of carbonyl (C=O) groups is 1. The summed E-state index contributed by atoms with van der Waals surface area (Å²) in [6.07, 6.45) is 1.03. The van der Waals surface area contributed by atoms with Gasteiger partial charge in [-0.15, -0.1) is 0 Å². The molecule has 2 N–H and O–H groups in total. The van der Waals surface area contributed by atoms with E-state index in [1.165, 1.54) is 5.56 Å². The Morgan fingerprint density at radius 3 is 2.65 bits per heavy atom. The number of likely N-dealkylation sites (tertiary alicyclic amines) is 1. The molecule has 0 bridgehead atoms. The van der Waals surface area contributed by atoms with Crippen LogP contribution in [-0.2, 0) is 4.79 Å². The summed E-state index contributed by atoms with van der Waals surface area (Å²) in [6, 6.07) is 10.3. The molecule has 92 valence electrons. The minimum absolute atomic E-state index is 0.0657. The van der Waals surface area contributed by atoms with Crippen LogP contribution in [0.3, 0.4) is 0 Å². The van der Waals surface area contributed by atoms with E-state index in [0.717, 1.165) is 13.0 Å². The number of hydrogen-bond acceptors (Lipinski definition) is 2. The summed E-state index contributed by atoms with van der Waals surface area (Å²) in [5.74, 6) is 0.509. The molecule has 1 aromatic rings. The second-order valence-electron chi connectivity index (χ2n) is 4.87. The average molecular weight is 232 g/mol. The van der Waals surface area contributed by atoms with Crippen LogP contribution in [0, 0.1) is 0 Å². The molecule has 1 aliphatic rings. The van der Waals surface area contributed by atoms with Gasteiger partial charge >= 0.3 is 0 Å². The van der Waals surface area contributed by atoms with Crippen LogP contribution in [0.2, 0.25) is 0 Å². The van der Waals surface area contributed by atoms with Crippen molar-refractivity contribution in [1.82, 2.24) is 4.90 Å². The molecular formula is C14H20N2O. The van der Waals surface area contributed by atoms with Crippen molar-refractivity contribution in [1.29, 1.82) is 0 Å². The van der Waals surface area contributed by atoms with E-state index in [1.807, 2.05) is 11.0 Å². The fourth-order valence-electron chi connectivity index (χ4n) is 2.66. The summed E-state index contributed by atoms with van der Waals surface area (Å²) in [7, 11) is 0. The molecule has 0 spiro atoms. The minimum Gasteiger partial charge on any atom is -0.338 e. The lowest BCUT2D eigenvalue weighted by Crippen LogP contribution is -2.44. The molecule has 0 saturated carbocycles. The van der Waals surface area contributed by atoms with Gasteiger partial charge in [-0.1, -0.05) is 30.3 Å². The van der Waals surface area contributed by atoms with E-state index in [2.05, 4.69) is 31.2 Å². The van der Waals surface area contributed by atoms with Gasteiger partial charge in [-0.05, 0) is 25.8 Å². The van der Waals surface area contributed by atoms with Gasteiger partial charge in [-0.25, -0.2) is 0 Å². The Labute approximate surface area is 103 Å². The highest BCUT2D eigenvalue weighted by atomic mass is 16.2. The third kappa shape index (κ3) is 2.34. The third-order valence-corrected chi connectivity index (χ3v) is 3.66. The van der Waals surface area contributed by atoms with Gasteiger partial charge in [0.1, 0.15) is 0 Å². The number of hydrogen-bond donors (Lipinski definition) is 1. The molecule has 3 heteroatoms.